The highest BCUT2D eigenvalue weighted by atomic mass is 32.2. The first-order valence-corrected chi connectivity index (χ1v) is 10.4. The van der Waals surface area contributed by atoms with Gasteiger partial charge in [0.05, 0.1) is 11.9 Å². The topological polar surface area (TPSA) is 107 Å². The zero-order valence-electron chi connectivity index (χ0n) is 16.0. The van der Waals surface area contributed by atoms with Crippen LogP contribution in [0.3, 0.4) is 0 Å². The van der Waals surface area contributed by atoms with Gasteiger partial charge in [0.25, 0.3) is 5.91 Å². The number of aliphatic hydroxyl groups excluding tert-OH is 1. The Hall–Kier alpha value is -2.06. The summed E-state index contributed by atoms with van der Waals surface area (Å²) in [6.07, 6.45) is 0.394. The quantitative estimate of drug-likeness (QED) is 0.629. The lowest BCUT2D eigenvalue weighted by Gasteiger charge is -2.31. The third-order valence-electron chi connectivity index (χ3n) is 5.27. The minimum Gasteiger partial charge on any atom is -0.480 e. The van der Waals surface area contributed by atoms with Crippen LogP contribution in [0.15, 0.2) is 30.3 Å². The molecule has 0 spiro atoms. The van der Waals surface area contributed by atoms with Gasteiger partial charge in [0.2, 0.25) is 5.91 Å². The first kappa shape index (κ1) is 20.7. The van der Waals surface area contributed by atoms with E-state index in [0.717, 1.165) is 18.4 Å². The van der Waals surface area contributed by atoms with Gasteiger partial charge in [-0.2, -0.15) is 0 Å². The van der Waals surface area contributed by atoms with E-state index in [1.54, 1.807) is 13.8 Å². The first-order chi connectivity index (χ1) is 13.2. The van der Waals surface area contributed by atoms with Gasteiger partial charge >= 0.3 is 5.97 Å². The van der Waals surface area contributed by atoms with Crippen LogP contribution in [0.4, 0.5) is 0 Å². The van der Waals surface area contributed by atoms with Crippen molar-refractivity contribution >= 4 is 29.5 Å². The molecule has 7 nitrogen and oxygen atoms in total. The molecule has 2 aliphatic rings. The average molecular weight is 407 g/mol. The molecule has 2 amide bonds. The maximum absolute atomic E-state index is 13.0. The predicted octanol–water partition coefficient (Wildman–Crippen LogP) is 1.25. The van der Waals surface area contributed by atoms with Crippen molar-refractivity contribution in [3.63, 3.8) is 0 Å². The highest BCUT2D eigenvalue weighted by Gasteiger charge is 2.50. The molecule has 0 bridgehead atoms. The molecule has 3 atom stereocenters. The lowest BCUT2D eigenvalue weighted by molar-refractivity contribution is -0.154. The van der Waals surface area contributed by atoms with Gasteiger partial charge in [0.1, 0.15) is 6.04 Å². The standard InChI is InChI=1S/C20H26N2O5S/c1-20(2)16(19(26)27)22(11-28-20)18(25)15(23)14(21-17(24)13-8-9-13)10-12-6-4-3-5-7-12/h3-7,13-16,23H,8-11H2,1-2H3,(H,21,24)(H,26,27)/t14?,15-,16?/m0/s1. The Labute approximate surface area is 168 Å². The Morgan fingerprint density at radius 2 is 1.89 bits per heavy atom. The van der Waals surface area contributed by atoms with Crippen molar-refractivity contribution in [3.05, 3.63) is 35.9 Å². The van der Waals surface area contributed by atoms with Crippen LogP contribution in [0.2, 0.25) is 0 Å². The molecule has 3 rings (SSSR count). The normalized spacial score (nSPS) is 23.1. The summed E-state index contributed by atoms with van der Waals surface area (Å²) >= 11 is 1.36. The largest absolute Gasteiger partial charge is 0.480 e. The van der Waals surface area contributed by atoms with Crippen LogP contribution in [0, 0.1) is 5.92 Å². The van der Waals surface area contributed by atoms with Crippen LogP contribution in [0.1, 0.15) is 32.3 Å². The van der Waals surface area contributed by atoms with Gasteiger partial charge in [-0.05, 0) is 38.7 Å². The van der Waals surface area contributed by atoms with Crippen molar-refractivity contribution in [2.45, 2.75) is 56.0 Å². The van der Waals surface area contributed by atoms with E-state index in [1.165, 1.54) is 16.7 Å². The van der Waals surface area contributed by atoms with Crippen molar-refractivity contribution in [3.8, 4) is 0 Å². The van der Waals surface area contributed by atoms with Crippen LogP contribution >= 0.6 is 11.8 Å². The second kappa shape index (κ2) is 8.13. The number of thioether (sulfide) groups is 1. The smallest absolute Gasteiger partial charge is 0.327 e. The summed E-state index contributed by atoms with van der Waals surface area (Å²) in [6, 6.07) is 7.45. The molecule has 1 aromatic carbocycles. The molecular formula is C20H26N2O5S. The summed E-state index contributed by atoms with van der Waals surface area (Å²) in [6.45, 7) is 3.54. The number of nitrogens with one attached hydrogen (secondary N) is 1. The number of carboxylic acids is 1. The molecule has 2 fully saturated rings. The fourth-order valence-electron chi connectivity index (χ4n) is 3.48. The zero-order chi connectivity index (χ0) is 20.5. The van der Waals surface area contributed by atoms with Gasteiger partial charge in [-0.1, -0.05) is 30.3 Å². The van der Waals surface area contributed by atoms with Gasteiger partial charge < -0.3 is 20.4 Å². The van der Waals surface area contributed by atoms with E-state index in [2.05, 4.69) is 5.32 Å². The molecule has 152 valence electrons. The van der Waals surface area contributed by atoms with Gasteiger partial charge in [0.15, 0.2) is 6.10 Å². The van der Waals surface area contributed by atoms with Crippen molar-refractivity contribution in [1.29, 1.82) is 0 Å². The molecule has 3 N–H and O–H groups in total. The monoisotopic (exact) mass is 406 g/mol. The van der Waals surface area contributed by atoms with E-state index >= 15 is 0 Å². The Balaban J connectivity index is 1.78. The molecule has 1 heterocycles. The maximum atomic E-state index is 13.0. The molecule has 1 saturated heterocycles. The van der Waals surface area contributed by atoms with Crippen molar-refractivity contribution < 1.29 is 24.6 Å². The van der Waals surface area contributed by atoms with Gasteiger partial charge in [0, 0.05) is 10.7 Å². The van der Waals surface area contributed by atoms with Crippen molar-refractivity contribution in [2.24, 2.45) is 5.92 Å². The summed E-state index contributed by atoms with van der Waals surface area (Å²) in [5.74, 6) is -1.80. The predicted molar refractivity (Wildman–Crippen MR) is 106 cm³/mol. The number of aliphatic carboxylic acids is 1. The highest BCUT2D eigenvalue weighted by Crippen LogP contribution is 2.39. The number of aliphatic hydroxyl groups is 1. The van der Waals surface area contributed by atoms with E-state index < -0.39 is 34.8 Å². The van der Waals surface area contributed by atoms with E-state index in [9.17, 15) is 24.6 Å². The molecule has 1 aromatic rings. The number of hydrogen-bond acceptors (Lipinski definition) is 5. The van der Waals surface area contributed by atoms with E-state index in [0.29, 0.717) is 0 Å². The number of carboxylic acid groups (broad SMARTS) is 1. The summed E-state index contributed by atoms with van der Waals surface area (Å²) in [5, 5.41) is 23.2. The van der Waals surface area contributed by atoms with Crippen LogP contribution < -0.4 is 5.32 Å². The van der Waals surface area contributed by atoms with Crippen molar-refractivity contribution in [2.75, 3.05) is 5.88 Å². The number of amides is 2. The fourth-order valence-corrected chi connectivity index (χ4v) is 4.62. The SMILES string of the molecule is CC1(C)SCN(C(=O)[C@@H](O)C(Cc2ccccc2)NC(=O)C2CC2)C1C(=O)O. The van der Waals surface area contributed by atoms with Crippen LogP contribution in [0.25, 0.3) is 0 Å². The Morgan fingerprint density at radius 1 is 1.25 bits per heavy atom. The molecule has 1 aliphatic heterocycles. The molecule has 8 heteroatoms. The lowest BCUT2D eigenvalue weighted by atomic mass is 9.97. The number of benzene rings is 1. The number of rotatable bonds is 7. The second-order valence-electron chi connectivity index (χ2n) is 7.95. The van der Waals surface area contributed by atoms with Crippen molar-refractivity contribution in [1.82, 2.24) is 10.2 Å². The van der Waals surface area contributed by atoms with Gasteiger partial charge in [-0.25, -0.2) is 4.79 Å². The molecule has 0 aromatic heterocycles. The zero-order valence-corrected chi connectivity index (χ0v) is 16.8. The van der Waals surface area contributed by atoms with Crippen LogP contribution in [-0.4, -0.2) is 61.7 Å². The van der Waals surface area contributed by atoms with E-state index in [-0.39, 0.29) is 24.1 Å². The third kappa shape index (κ3) is 4.50. The Bertz CT molecular complexity index is 750. The third-order valence-corrected chi connectivity index (χ3v) is 6.65. The average Bonchev–Trinajstić information content (AvgIpc) is 3.44. The minimum atomic E-state index is -1.51. The molecule has 2 unspecified atom stereocenters. The minimum absolute atomic E-state index is 0.0615. The molecule has 1 aliphatic carbocycles. The summed E-state index contributed by atoms with van der Waals surface area (Å²) < 4.78 is -0.659. The summed E-state index contributed by atoms with van der Waals surface area (Å²) in [5.41, 5.74) is 0.876. The van der Waals surface area contributed by atoms with E-state index in [4.69, 9.17) is 0 Å². The van der Waals surface area contributed by atoms with Gasteiger partial charge in [-0.3, -0.25) is 9.59 Å². The number of nitrogens with zero attached hydrogens (tertiary/aromatic N) is 1. The Kier molecular flexibility index (Phi) is 6.00. The van der Waals surface area contributed by atoms with Gasteiger partial charge in [-0.15, -0.1) is 11.8 Å². The molecule has 1 saturated carbocycles. The second-order valence-corrected chi connectivity index (χ2v) is 9.55. The summed E-state index contributed by atoms with van der Waals surface area (Å²) in [7, 11) is 0. The van der Waals surface area contributed by atoms with Crippen LogP contribution in [-0.2, 0) is 20.8 Å². The Morgan fingerprint density at radius 3 is 2.46 bits per heavy atom. The number of hydrogen-bond donors (Lipinski definition) is 3. The molecule has 0 radical (unpaired) electrons. The number of carbonyl (C=O) groups is 3. The first-order valence-electron chi connectivity index (χ1n) is 9.40. The van der Waals surface area contributed by atoms with E-state index in [1.807, 2.05) is 30.3 Å². The summed E-state index contributed by atoms with van der Waals surface area (Å²) in [4.78, 5) is 38.2. The number of carbonyl (C=O) groups excluding carboxylic acids is 2. The molecular weight excluding hydrogens is 380 g/mol. The highest BCUT2D eigenvalue weighted by molar-refractivity contribution is 8.00. The maximum Gasteiger partial charge on any atom is 0.327 e. The lowest BCUT2D eigenvalue weighted by Crippen LogP contribution is -2.57. The van der Waals surface area contributed by atoms with Crippen LogP contribution in [0.5, 0.6) is 0 Å². The fraction of sp³-hybridized carbons (Fsp3) is 0.550. The molecule has 28 heavy (non-hydrogen) atoms.